The smallest absolute Gasteiger partial charge is 0.0974 e. The van der Waals surface area contributed by atoms with E-state index in [0.29, 0.717) is 25.1 Å². The van der Waals surface area contributed by atoms with Crippen LogP contribution in [-0.4, -0.2) is 66.9 Å². The minimum absolute atomic E-state index is 0.0623. The third kappa shape index (κ3) is 22.3. The predicted molar refractivity (Wildman–Crippen MR) is 324 cm³/mol. The van der Waals surface area contributed by atoms with Crippen molar-refractivity contribution in [2.24, 2.45) is 0 Å². The van der Waals surface area contributed by atoms with Crippen molar-refractivity contribution in [2.45, 2.75) is 151 Å². The minimum atomic E-state index is -0.0623. The van der Waals surface area contributed by atoms with E-state index in [-0.39, 0.29) is 6.61 Å². The first kappa shape index (κ1) is 67.6. The summed E-state index contributed by atoms with van der Waals surface area (Å²) in [5, 5.41) is 25.0. The number of aryl methyl sites for hydroxylation is 2. The van der Waals surface area contributed by atoms with Crippen LogP contribution in [0.25, 0.3) is 33.9 Å². The molecule has 4 nitrogen and oxygen atoms in total. The maximum Gasteiger partial charge on any atom is 0.0974 e. The van der Waals surface area contributed by atoms with Gasteiger partial charge in [0.15, 0.2) is 0 Å². The monoisotopic (exact) mass is 965 g/mol. The van der Waals surface area contributed by atoms with E-state index in [0.717, 1.165) is 65.0 Å². The van der Waals surface area contributed by atoms with Crippen molar-refractivity contribution in [3.63, 3.8) is 0 Å². The molecule has 0 saturated heterocycles. The maximum atomic E-state index is 11.7. The zero-order valence-electron chi connectivity index (χ0n) is 49.0. The molecule has 71 heavy (non-hydrogen) atoms. The fraction of sp³-hybridized carbons (Fsp3) is 0.433. The van der Waals surface area contributed by atoms with Crippen LogP contribution in [0.15, 0.2) is 131 Å². The van der Waals surface area contributed by atoms with E-state index in [1.54, 1.807) is 0 Å². The topological polar surface area (TPSA) is 46.9 Å². The zero-order valence-corrected chi connectivity index (χ0v) is 49.0. The van der Waals surface area contributed by atoms with Gasteiger partial charge in [0, 0.05) is 32.6 Å². The third-order valence-corrected chi connectivity index (χ3v) is 12.4. The lowest BCUT2D eigenvalue weighted by Gasteiger charge is -2.23. The Morgan fingerprint density at radius 1 is 0.746 bits per heavy atom. The molecule has 0 spiro atoms. The average molecular weight is 966 g/mol. The number of aliphatic hydroxyl groups is 2. The van der Waals surface area contributed by atoms with E-state index in [9.17, 15) is 10.2 Å². The largest absolute Gasteiger partial charge is 0.512 e. The van der Waals surface area contributed by atoms with Gasteiger partial charge in [0.25, 0.3) is 0 Å². The predicted octanol–water partition coefficient (Wildman–Crippen LogP) is 16.7. The Balaban J connectivity index is 0. The number of likely N-dealkylation sites (N-methyl/N-ethyl adjacent to an activating group) is 2. The van der Waals surface area contributed by atoms with Gasteiger partial charge < -0.3 is 20.0 Å². The van der Waals surface area contributed by atoms with E-state index in [1.807, 2.05) is 33.8 Å². The van der Waals surface area contributed by atoms with E-state index in [1.165, 1.54) is 71.7 Å². The summed E-state index contributed by atoms with van der Waals surface area (Å²) in [6.45, 7) is 51.8. The Hall–Kier alpha value is -5.44. The molecule has 390 valence electrons. The van der Waals surface area contributed by atoms with Crippen LogP contribution in [0, 0.1) is 26.7 Å². The van der Waals surface area contributed by atoms with Crippen LogP contribution in [-0.2, 0) is 0 Å². The molecule has 2 N–H and O–H groups in total. The van der Waals surface area contributed by atoms with Gasteiger partial charge in [-0.3, -0.25) is 0 Å². The maximum absolute atomic E-state index is 11.7. The van der Waals surface area contributed by atoms with Gasteiger partial charge in [0.1, 0.15) is 0 Å². The number of nitrogens with zero attached hydrogens (tertiary/aromatic N) is 2. The summed E-state index contributed by atoms with van der Waals surface area (Å²) in [5.41, 5.74) is 20.8. The van der Waals surface area contributed by atoms with Gasteiger partial charge in [-0.1, -0.05) is 129 Å². The molecule has 0 unspecified atom stereocenters. The van der Waals surface area contributed by atoms with Gasteiger partial charge in [0.2, 0.25) is 0 Å². The van der Waals surface area contributed by atoms with Crippen molar-refractivity contribution in [1.82, 2.24) is 9.80 Å². The van der Waals surface area contributed by atoms with E-state index >= 15 is 0 Å². The lowest BCUT2D eigenvalue weighted by atomic mass is 9.84. The van der Waals surface area contributed by atoms with Crippen LogP contribution in [0.2, 0.25) is 0 Å². The van der Waals surface area contributed by atoms with Gasteiger partial charge in [-0.05, 0) is 226 Å². The summed E-state index contributed by atoms with van der Waals surface area (Å²) in [7, 11) is 4.29. The van der Waals surface area contributed by atoms with Gasteiger partial charge in [-0.2, -0.15) is 0 Å². The van der Waals surface area contributed by atoms with Gasteiger partial charge in [0.05, 0.1) is 12.4 Å². The summed E-state index contributed by atoms with van der Waals surface area (Å²) in [5.74, 6) is 0.417. The molecule has 0 aliphatic heterocycles. The Bertz CT molecular complexity index is 2480. The fourth-order valence-electron chi connectivity index (χ4n) is 8.07. The van der Waals surface area contributed by atoms with E-state index in [2.05, 4.69) is 227 Å². The van der Waals surface area contributed by atoms with Crippen LogP contribution in [0.5, 0.6) is 0 Å². The molecule has 0 saturated carbocycles. The SMILES string of the molecule is C#C.C=CC/C(CN(C)CCN(C)CC/C=C\C=C(/CO)c1c(/C(C)=C\C)c(C(=C)C)cc(=C(C)C)c1=C(C)C)=C(/O)CC(=C\C)/C(C)=C(C)/C(=C\c1cc(C)ccc1C)C(/C)=C\C=C(C)C.CC.CC. The minimum Gasteiger partial charge on any atom is -0.512 e. The molecular weight excluding hydrogens is 865 g/mol. The highest BCUT2D eigenvalue weighted by Gasteiger charge is 2.19. The molecule has 0 bridgehead atoms. The molecular formula is C67H100N2O2. The number of allylic oxidation sites excluding steroid dienone is 15. The first-order valence-electron chi connectivity index (χ1n) is 25.9. The van der Waals surface area contributed by atoms with Crippen molar-refractivity contribution >= 4 is 33.9 Å². The summed E-state index contributed by atoms with van der Waals surface area (Å²) in [6.07, 6.45) is 29.3. The van der Waals surface area contributed by atoms with Crippen molar-refractivity contribution in [3.05, 3.63) is 175 Å². The van der Waals surface area contributed by atoms with Crippen LogP contribution in [0.3, 0.4) is 0 Å². The summed E-state index contributed by atoms with van der Waals surface area (Å²) in [6, 6.07) is 8.89. The molecule has 0 radical (unpaired) electrons. The fourth-order valence-corrected chi connectivity index (χ4v) is 8.07. The number of rotatable bonds is 22. The molecule has 0 amide bonds. The Morgan fingerprint density at radius 3 is 1.86 bits per heavy atom. The number of terminal acetylenes is 1. The Kier molecular flexibility index (Phi) is 34.7. The lowest BCUT2D eigenvalue weighted by Crippen LogP contribution is -2.34. The molecule has 4 heteroatoms. The number of hydrogen-bond donors (Lipinski definition) is 2. The van der Waals surface area contributed by atoms with Crippen molar-refractivity contribution in [1.29, 1.82) is 0 Å². The van der Waals surface area contributed by atoms with E-state index < -0.39 is 0 Å². The molecule has 2 aromatic rings. The molecule has 0 aliphatic carbocycles. The van der Waals surface area contributed by atoms with Crippen LogP contribution < -0.4 is 10.4 Å². The second kappa shape index (κ2) is 36.5. The van der Waals surface area contributed by atoms with Crippen molar-refractivity contribution < 1.29 is 10.2 Å². The number of benzene rings is 2. The quantitative estimate of drug-likeness (QED) is 0.0534. The van der Waals surface area contributed by atoms with Gasteiger partial charge in [-0.25, -0.2) is 0 Å². The highest BCUT2D eigenvalue weighted by Crippen LogP contribution is 2.33. The van der Waals surface area contributed by atoms with Crippen LogP contribution in [0.1, 0.15) is 170 Å². The molecule has 2 aromatic carbocycles. The highest BCUT2D eigenvalue weighted by atomic mass is 16.3. The Morgan fingerprint density at radius 2 is 1.35 bits per heavy atom. The summed E-state index contributed by atoms with van der Waals surface area (Å²) >= 11 is 0. The second-order valence-corrected chi connectivity index (χ2v) is 18.8. The van der Waals surface area contributed by atoms with E-state index in [4.69, 9.17) is 0 Å². The molecule has 0 aliphatic rings. The summed E-state index contributed by atoms with van der Waals surface area (Å²) in [4.78, 5) is 4.64. The standard InChI is InChI=1S/C61H86N2O2.2C2H6.C2H2/c1-20-26-52(58(65)37-51(22-3)49(16)50(17)57(48(15)30-28-41(4)5)36-54-35-45(12)29-31-47(54)14)39-63(19)34-33-62(18)32-25-23-24-27-53(40-64)61-59(44(10)11)55(42(6)7)38-56(43(8)9)60(61)46(13)21-2;3*1-2/h20-24,27-31,35-36,38,64-65H,1,8,25-26,32-34,37,39-40H2,2-7,9-19H3;2*1-2H3;1-2H/b24-23-,46-21-,48-30-,50-49+,51-22+,53-27+,57-36-,58-52-;;;. The van der Waals surface area contributed by atoms with Crippen molar-refractivity contribution in [2.75, 3.05) is 46.9 Å². The third-order valence-electron chi connectivity index (χ3n) is 12.4. The molecule has 2 rings (SSSR count). The first-order valence-corrected chi connectivity index (χ1v) is 25.9. The molecule has 0 fully saturated rings. The molecule has 0 atom stereocenters. The zero-order chi connectivity index (χ0) is 55.1. The van der Waals surface area contributed by atoms with Gasteiger partial charge >= 0.3 is 0 Å². The first-order chi connectivity index (χ1) is 33.6. The van der Waals surface area contributed by atoms with Crippen molar-refractivity contribution in [3.8, 4) is 12.8 Å². The highest BCUT2D eigenvalue weighted by molar-refractivity contribution is 5.88. The average Bonchev–Trinajstić information content (AvgIpc) is 3.35. The molecule has 0 aromatic heterocycles. The Labute approximate surface area is 437 Å². The normalized spacial score (nSPS) is 13.0. The second-order valence-electron chi connectivity index (χ2n) is 18.8. The lowest BCUT2D eigenvalue weighted by molar-refractivity contribution is 0.266. The van der Waals surface area contributed by atoms with Gasteiger partial charge in [-0.15, -0.1) is 19.4 Å². The number of hydrogen-bond acceptors (Lipinski definition) is 4. The number of aliphatic hydroxyl groups excluding tert-OH is 2. The van der Waals surface area contributed by atoms with Crippen LogP contribution in [0.4, 0.5) is 0 Å². The summed E-state index contributed by atoms with van der Waals surface area (Å²) < 4.78 is 0. The molecule has 0 heterocycles. The van der Waals surface area contributed by atoms with Crippen LogP contribution >= 0.6 is 0 Å².